The lowest BCUT2D eigenvalue weighted by atomic mass is 9.60. The Bertz CT molecular complexity index is 924. The molecule has 1 N–H and O–H groups in total. The average molecular weight is 458 g/mol. The fourth-order valence-electron chi connectivity index (χ4n) is 7.07. The van der Waals surface area contributed by atoms with Gasteiger partial charge in [0.1, 0.15) is 17.6 Å². The Morgan fingerprint density at radius 2 is 1.85 bits per heavy atom. The Balaban J connectivity index is 1.34. The summed E-state index contributed by atoms with van der Waals surface area (Å²) in [6, 6.07) is 2.15. The van der Waals surface area contributed by atoms with Crippen LogP contribution in [0.5, 0.6) is 5.75 Å². The normalized spacial score (nSPS) is 33.7. The maximum Gasteiger partial charge on any atom is 0.326 e. The molecular weight excluding hydrogens is 421 g/mol. The Labute approximate surface area is 195 Å². The van der Waals surface area contributed by atoms with Crippen LogP contribution in [0.15, 0.2) is 12.1 Å². The molecule has 5 rings (SSSR count). The van der Waals surface area contributed by atoms with Crippen molar-refractivity contribution in [2.24, 2.45) is 23.2 Å². The molecule has 33 heavy (non-hydrogen) atoms. The van der Waals surface area contributed by atoms with Crippen LogP contribution >= 0.6 is 0 Å². The number of halogens is 1. The van der Waals surface area contributed by atoms with Crippen molar-refractivity contribution in [3.05, 3.63) is 29.1 Å². The third-order valence-electron chi connectivity index (χ3n) is 8.42. The molecule has 4 fully saturated rings. The number of amides is 1. The lowest BCUT2D eigenvalue weighted by Gasteiger charge is -2.47. The number of rotatable bonds is 6. The number of nitrogens with zero attached hydrogens (tertiary/aromatic N) is 1. The molecule has 1 aromatic rings. The van der Waals surface area contributed by atoms with Crippen LogP contribution in [0.3, 0.4) is 0 Å². The Hall–Kier alpha value is -2.11. The minimum absolute atomic E-state index is 0.0233. The van der Waals surface area contributed by atoms with Gasteiger partial charge in [-0.1, -0.05) is 13.8 Å². The predicted octanol–water partition coefficient (Wildman–Crippen LogP) is 5.62. The molecule has 1 aliphatic heterocycles. The largest absolute Gasteiger partial charge is 0.493 e. The zero-order valence-corrected chi connectivity index (χ0v) is 19.8. The Kier molecular flexibility index (Phi) is 5.90. The molecule has 3 unspecified atom stereocenters. The fourth-order valence-corrected chi connectivity index (χ4v) is 7.07. The molecule has 3 aliphatic carbocycles. The quantitative estimate of drug-likeness (QED) is 0.602. The summed E-state index contributed by atoms with van der Waals surface area (Å²) in [5.41, 5.74) is 0.980. The molecule has 4 aliphatic rings. The maximum absolute atomic E-state index is 15.2. The van der Waals surface area contributed by atoms with Gasteiger partial charge in [0.05, 0.1) is 12.2 Å². The summed E-state index contributed by atoms with van der Waals surface area (Å²) in [5, 5.41) is 9.43. The van der Waals surface area contributed by atoms with Crippen molar-refractivity contribution in [2.75, 3.05) is 13.2 Å². The molecule has 0 aromatic heterocycles. The zero-order chi connectivity index (χ0) is 23.3. The van der Waals surface area contributed by atoms with E-state index in [4.69, 9.17) is 4.74 Å². The minimum Gasteiger partial charge on any atom is -0.493 e. The minimum atomic E-state index is -1.02. The van der Waals surface area contributed by atoms with Crippen molar-refractivity contribution in [3.63, 3.8) is 0 Å². The summed E-state index contributed by atoms with van der Waals surface area (Å²) < 4.78 is 21.5. The monoisotopic (exact) mass is 457 g/mol. The van der Waals surface area contributed by atoms with E-state index in [9.17, 15) is 14.7 Å². The number of fused-ring (bicyclic) bond motifs is 2. The number of carboxylic acids is 1. The second kappa shape index (κ2) is 8.59. The van der Waals surface area contributed by atoms with Crippen LogP contribution in [-0.2, 0) is 4.79 Å². The van der Waals surface area contributed by atoms with Gasteiger partial charge >= 0.3 is 5.97 Å². The number of aliphatic carboxylic acids is 1. The average Bonchev–Trinajstić information content (AvgIpc) is 3.45. The number of benzene rings is 1. The summed E-state index contributed by atoms with van der Waals surface area (Å²) >= 11 is 0. The van der Waals surface area contributed by atoms with Crippen LogP contribution in [0.25, 0.3) is 0 Å². The second-order valence-corrected chi connectivity index (χ2v) is 11.7. The van der Waals surface area contributed by atoms with E-state index in [0.717, 1.165) is 49.0 Å². The molecule has 2 bridgehead atoms. The van der Waals surface area contributed by atoms with E-state index in [-0.39, 0.29) is 11.0 Å². The number of hydrogen-bond acceptors (Lipinski definition) is 3. The van der Waals surface area contributed by atoms with Crippen molar-refractivity contribution >= 4 is 11.9 Å². The lowest BCUT2D eigenvalue weighted by molar-refractivity contribution is -0.141. The van der Waals surface area contributed by atoms with Crippen LogP contribution in [0.1, 0.15) is 93.5 Å². The third-order valence-corrected chi connectivity index (χ3v) is 8.42. The van der Waals surface area contributed by atoms with E-state index in [1.807, 2.05) is 0 Å². The molecule has 1 amide bonds. The summed E-state index contributed by atoms with van der Waals surface area (Å²) in [5.74, 6) is 1.04. The van der Waals surface area contributed by atoms with Crippen molar-refractivity contribution in [3.8, 4) is 5.75 Å². The molecule has 3 saturated carbocycles. The zero-order valence-electron chi connectivity index (χ0n) is 19.8. The molecule has 3 atom stereocenters. The van der Waals surface area contributed by atoms with Crippen molar-refractivity contribution in [1.29, 1.82) is 0 Å². The van der Waals surface area contributed by atoms with Gasteiger partial charge in [-0.2, -0.15) is 0 Å². The second-order valence-electron chi connectivity index (χ2n) is 11.7. The van der Waals surface area contributed by atoms with Gasteiger partial charge in [-0.25, -0.2) is 9.18 Å². The topological polar surface area (TPSA) is 66.8 Å². The molecule has 180 valence electrons. The molecule has 1 aromatic carbocycles. The first-order chi connectivity index (χ1) is 15.7. The first kappa shape index (κ1) is 22.7. The first-order valence-corrected chi connectivity index (χ1v) is 12.7. The lowest BCUT2D eigenvalue weighted by Crippen LogP contribution is -2.40. The van der Waals surface area contributed by atoms with Gasteiger partial charge < -0.3 is 14.7 Å². The highest BCUT2D eigenvalue weighted by atomic mass is 19.1. The van der Waals surface area contributed by atoms with Gasteiger partial charge in [0.2, 0.25) is 0 Å². The van der Waals surface area contributed by atoms with Gasteiger partial charge in [-0.05, 0) is 93.1 Å². The molecule has 5 nitrogen and oxygen atoms in total. The number of ether oxygens (including phenoxy) is 1. The van der Waals surface area contributed by atoms with E-state index in [1.165, 1.54) is 30.2 Å². The van der Waals surface area contributed by atoms with Gasteiger partial charge in [-0.3, -0.25) is 4.79 Å². The SMILES string of the molecule is CC1CC2CC(C1)CC(C)(COc1cc(F)c(C(=O)N3CCCC3C(=O)O)cc1C1CC1)C2. The number of carboxylic acid groups (broad SMARTS) is 1. The molecule has 1 heterocycles. The van der Waals surface area contributed by atoms with E-state index in [0.29, 0.717) is 37.7 Å². The van der Waals surface area contributed by atoms with Crippen LogP contribution in [0.4, 0.5) is 4.39 Å². The molecule has 0 radical (unpaired) electrons. The Morgan fingerprint density at radius 3 is 2.48 bits per heavy atom. The first-order valence-electron chi connectivity index (χ1n) is 12.7. The van der Waals surface area contributed by atoms with E-state index in [2.05, 4.69) is 13.8 Å². The number of carbonyl (C=O) groups is 2. The maximum atomic E-state index is 15.2. The summed E-state index contributed by atoms with van der Waals surface area (Å²) in [4.78, 5) is 25.9. The highest BCUT2D eigenvalue weighted by Crippen LogP contribution is 2.51. The highest BCUT2D eigenvalue weighted by molar-refractivity contribution is 5.97. The third kappa shape index (κ3) is 4.63. The van der Waals surface area contributed by atoms with E-state index < -0.39 is 23.7 Å². The van der Waals surface area contributed by atoms with Gasteiger partial charge in [0.15, 0.2) is 0 Å². The highest BCUT2D eigenvalue weighted by Gasteiger charge is 2.42. The smallest absolute Gasteiger partial charge is 0.326 e. The number of hydrogen-bond donors (Lipinski definition) is 1. The molecule has 6 heteroatoms. The standard InChI is InChI=1S/C27H36FNO4/c1-16-8-17-10-18(9-16)14-27(2,13-17)15-33-24-12-22(28)21(11-20(24)19-5-6-19)25(30)29-7-3-4-23(29)26(31)32/h11-12,16-19,23H,3-10,13-15H2,1-2H3,(H,31,32). The van der Waals surface area contributed by atoms with Crippen molar-refractivity contribution in [1.82, 2.24) is 4.90 Å². The van der Waals surface area contributed by atoms with Crippen LogP contribution < -0.4 is 4.74 Å². The van der Waals surface area contributed by atoms with Gasteiger partial charge in [0, 0.05) is 18.0 Å². The predicted molar refractivity (Wildman–Crippen MR) is 123 cm³/mol. The molecule has 1 saturated heterocycles. The van der Waals surface area contributed by atoms with E-state index in [1.54, 1.807) is 6.07 Å². The van der Waals surface area contributed by atoms with Gasteiger partial charge in [0.25, 0.3) is 5.91 Å². The van der Waals surface area contributed by atoms with Gasteiger partial charge in [-0.15, -0.1) is 0 Å². The summed E-state index contributed by atoms with van der Waals surface area (Å²) in [7, 11) is 0. The number of likely N-dealkylation sites (tertiary alicyclic amines) is 1. The van der Waals surface area contributed by atoms with Crippen LogP contribution in [0.2, 0.25) is 0 Å². The van der Waals surface area contributed by atoms with Crippen molar-refractivity contribution < 1.29 is 23.8 Å². The van der Waals surface area contributed by atoms with Crippen LogP contribution in [-0.4, -0.2) is 41.1 Å². The Morgan fingerprint density at radius 1 is 1.15 bits per heavy atom. The number of carbonyl (C=O) groups excluding carboxylic acids is 1. The molecular formula is C27H36FNO4. The van der Waals surface area contributed by atoms with Crippen LogP contribution in [0, 0.1) is 29.0 Å². The van der Waals surface area contributed by atoms with E-state index >= 15 is 4.39 Å². The van der Waals surface area contributed by atoms with Crippen molar-refractivity contribution in [2.45, 2.75) is 83.6 Å². The summed E-state index contributed by atoms with van der Waals surface area (Å²) in [6.07, 6.45) is 9.34. The summed E-state index contributed by atoms with van der Waals surface area (Å²) in [6.45, 7) is 5.61. The molecule has 0 spiro atoms. The fraction of sp³-hybridized carbons (Fsp3) is 0.704.